The third kappa shape index (κ3) is 4.96. The van der Waals surface area contributed by atoms with Crippen LogP contribution in [0.2, 0.25) is 0 Å². The quantitative estimate of drug-likeness (QED) is 0.379. The lowest BCUT2D eigenvalue weighted by Crippen LogP contribution is -2.23. The van der Waals surface area contributed by atoms with Gasteiger partial charge >= 0.3 is 11.9 Å². The second-order valence-corrected chi connectivity index (χ2v) is 7.93. The Hall–Kier alpha value is -3.95. The molecule has 182 valence electrons. The highest BCUT2D eigenvalue weighted by atomic mass is 19.4. The molecule has 0 aliphatic heterocycles. The third-order valence-electron chi connectivity index (χ3n) is 5.70. The third-order valence-corrected chi connectivity index (χ3v) is 5.70. The molecule has 0 N–H and O–H groups in total. The molecule has 35 heavy (non-hydrogen) atoms. The standard InChI is InChI=1S/C25H24F3N5O2/c1-4-16-8-6-11-22(33-24(34)32(3)30-31-33)19(16)15-35-23-13-12-17(14-20(23)25(26,27)28)21-10-7-9-18(5-2)29-21/h6-14H,4-5,15H2,1-3H3. The number of aryl methyl sites for hydroxylation is 3. The molecule has 0 fully saturated rings. The molecule has 2 heterocycles. The van der Waals surface area contributed by atoms with E-state index in [0.717, 1.165) is 26.7 Å². The zero-order valence-corrected chi connectivity index (χ0v) is 19.5. The summed E-state index contributed by atoms with van der Waals surface area (Å²) in [5.74, 6) is -0.309. The summed E-state index contributed by atoms with van der Waals surface area (Å²) < 4.78 is 49.9. The molecule has 4 rings (SSSR count). The topological polar surface area (TPSA) is 74.8 Å². The summed E-state index contributed by atoms with van der Waals surface area (Å²) in [6, 6.07) is 14.5. The van der Waals surface area contributed by atoms with Gasteiger partial charge in [0.05, 0.1) is 16.9 Å². The van der Waals surface area contributed by atoms with E-state index in [9.17, 15) is 18.0 Å². The van der Waals surface area contributed by atoms with Crippen LogP contribution in [0.1, 0.15) is 36.2 Å². The van der Waals surface area contributed by atoms with Gasteiger partial charge in [0.15, 0.2) is 0 Å². The summed E-state index contributed by atoms with van der Waals surface area (Å²) in [6.45, 7) is 3.66. The van der Waals surface area contributed by atoms with Crippen LogP contribution in [0, 0.1) is 0 Å². The fourth-order valence-electron chi connectivity index (χ4n) is 3.81. The number of nitrogens with zero attached hydrogens (tertiary/aromatic N) is 5. The molecule has 0 spiro atoms. The lowest BCUT2D eigenvalue weighted by molar-refractivity contribution is -0.139. The van der Waals surface area contributed by atoms with Crippen molar-refractivity contribution in [1.29, 1.82) is 0 Å². The van der Waals surface area contributed by atoms with Gasteiger partial charge in [-0.15, -0.1) is 0 Å². The van der Waals surface area contributed by atoms with E-state index in [1.165, 1.54) is 13.1 Å². The molecule has 0 unspecified atom stereocenters. The highest BCUT2D eigenvalue weighted by molar-refractivity contribution is 5.63. The van der Waals surface area contributed by atoms with E-state index in [1.807, 2.05) is 26.0 Å². The maximum atomic E-state index is 14.0. The maximum Gasteiger partial charge on any atom is 0.419 e. The van der Waals surface area contributed by atoms with Crippen LogP contribution in [-0.2, 0) is 32.7 Å². The molecule has 0 radical (unpaired) electrons. The number of benzene rings is 2. The first-order valence-electron chi connectivity index (χ1n) is 11.1. The molecule has 2 aromatic carbocycles. The predicted molar refractivity (Wildman–Crippen MR) is 124 cm³/mol. The minimum atomic E-state index is -4.64. The van der Waals surface area contributed by atoms with Crippen LogP contribution in [-0.4, -0.2) is 24.8 Å². The first kappa shape index (κ1) is 24.2. The molecule has 0 amide bonds. The molecule has 0 saturated heterocycles. The molecule has 0 atom stereocenters. The minimum absolute atomic E-state index is 0.186. The Morgan fingerprint density at radius 2 is 1.74 bits per heavy atom. The summed E-state index contributed by atoms with van der Waals surface area (Å²) in [5.41, 5.74) is 2.03. The van der Waals surface area contributed by atoms with Crippen molar-refractivity contribution in [3.8, 4) is 22.7 Å². The van der Waals surface area contributed by atoms with Crippen LogP contribution < -0.4 is 10.4 Å². The van der Waals surface area contributed by atoms with Crippen LogP contribution in [0.15, 0.2) is 59.4 Å². The summed E-state index contributed by atoms with van der Waals surface area (Å²) in [5, 5.41) is 7.59. The fraction of sp³-hybridized carbons (Fsp3) is 0.280. The number of tetrazole rings is 1. The van der Waals surface area contributed by atoms with Gasteiger partial charge in [-0.25, -0.2) is 4.79 Å². The number of alkyl halides is 3. The van der Waals surface area contributed by atoms with Crippen LogP contribution >= 0.6 is 0 Å². The lowest BCUT2D eigenvalue weighted by atomic mass is 10.0. The number of aromatic nitrogens is 5. The van der Waals surface area contributed by atoms with E-state index in [4.69, 9.17) is 4.74 Å². The monoisotopic (exact) mass is 483 g/mol. The average Bonchev–Trinajstić information content (AvgIpc) is 3.19. The summed E-state index contributed by atoms with van der Waals surface area (Å²) in [6.07, 6.45) is -3.37. The molecule has 0 saturated carbocycles. The first-order chi connectivity index (χ1) is 16.7. The molecule has 4 aromatic rings. The highest BCUT2D eigenvalue weighted by Crippen LogP contribution is 2.39. The van der Waals surface area contributed by atoms with Crippen molar-refractivity contribution in [1.82, 2.24) is 24.8 Å². The Labute approximate surface area is 199 Å². The molecule has 2 aromatic heterocycles. The number of pyridine rings is 1. The van der Waals surface area contributed by atoms with Crippen molar-refractivity contribution < 1.29 is 17.9 Å². The van der Waals surface area contributed by atoms with E-state index in [-0.39, 0.29) is 12.4 Å². The number of hydrogen-bond acceptors (Lipinski definition) is 5. The summed E-state index contributed by atoms with van der Waals surface area (Å²) >= 11 is 0. The Balaban J connectivity index is 1.72. The van der Waals surface area contributed by atoms with Crippen LogP contribution in [0.25, 0.3) is 16.9 Å². The molecule has 0 aliphatic rings. The zero-order valence-electron chi connectivity index (χ0n) is 19.5. The SMILES string of the molecule is CCc1cccc(-c2ccc(OCc3c(CC)cccc3-n3nnn(C)c3=O)c(C(F)(F)F)c2)n1. The molecule has 0 aliphatic carbocycles. The van der Waals surface area contributed by atoms with Gasteiger partial charge in [-0.2, -0.15) is 22.5 Å². The van der Waals surface area contributed by atoms with Crippen LogP contribution in [0.3, 0.4) is 0 Å². The van der Waals surface area contributed by atoms with E-state index in [2.05, 4.69) is 15.4 Å². The van der Waals surface area contributed by atoms with Crippen molar-refractivity contribution >= 4 is 0 Å². The normalized spacial score (nSPS) is 11.6. The van der Waals surface area contributed by atoms with Crippen molar-refractivity contribution in [2.45, 2.75) is 39.5 Å². The van der Waals surface area contributed by atoms with E-state index in [1.54, 1.807) is 30.3 Å². The molecule has 10 heteroatoms. The van der Waals surface area contributed by atoms with E-state index < -0.39 is 17.4 Å². The Kier molecular flexibility index (Phi) is 6.72. The molecular weight excluding hydrogens is 459 g/mol. The van der Waals surface area contributed by atoms with Gasteiger partial charge in [0.2, 0.25) is 0 Å². The number of hydrogen-bond donors (Lipinski definition) is 0. The van der Waals surface area contributed by atoms with Crippen LogP contribution in [0.5, 0.6) is 5.75 Å². The lowest BCUT2D eigenvalue weighted by Gasteiger charge is -2.18. The maximum absolute atomic E-state index is 14.0. The van der Waals surface area contributed by atoms with Crippen molar-refractivity contribution in [3.05, 3.63) is 87.5 Å². The second kappa shape index (κ2) is 9.73. The number of ether oxygens (including phenoxy) is 1. The van der Waals surface area contributed by atoms with Crippen molar-refractivity contribution in [3.63, 3.8) is 0 Å². The van der Waals surface area contributed by atoms with Gasteiger partial charge in [-0.05, 0) is 65.2 Å². The Morgan fingerprint density at radius 1 is 0.971 bits per heavy atom. The minimum Gasteiger partial charge on any atom is -0.488 e. The Morgan fingerprint density at radius 3 is 2.40 bits per heavy atom. The van der Waals surface area contributed by atoms with Crippen molar-refractivity contribution in [2.24, 2.45) is 7.05 Å². The van der Waals surface area contributed by atoms with Gasteiger partial charge in [-0.3, -0.25) is 4.98 Å². The first-order valence-corrected chi connectivity index (χ1v) is 11.1. The van der Waals surface area contributed by atoms with Gasteiger partial charge in [0.25, 0.3) is 0 Å². The van der Waals surface area contributed by atoms with Crippen LogP contribution in [0.4, 0.5) is 13.2 Å². The van der Waals surface area contributed by atoms with Gasteiger partial charge in [0.1, 0.15) is 12.4 Å². The van der Waals surface area contributed by atoms with Gasteiger partial charge in [0, 0.05) is 23.9 Å². The smallest absolute Gasteiger partial charge is 0.419 e. The predicted octanol–water partition coefficient (Wildman–Crippen LogP) is 4.75. The number of halogens is 3. The highest BCUT2D eigenvalue weighted by Gasteiger charge is 2.35. The Bertz CT molecular complexity index is 1410. The largest absolute Gasteiger partial charge is 0.488 e. The van der Waals surface area contributed by atoms with E-state index >= 15 is 0 Å². The molecule has 0 bridgehead atoms. The van der Waals surface area contributed by atoms with Crippen molar-refractivity contribution in [2.75, 3.05) is 0 Å². The van der Waals surface area contributed by atoms with Gasteiger partial charge < -0.3 is 4.74 Å². The fourth-order valence-corrected chi connectivity index (χ4v) is 3.81. The molecular formula is C25H24F3N5O2. The molecule has 7 nitrogen and oxygen atoms in total. The zero-order chi connectivity index (χ0) is 25.2. The van der Waals surface area contributed by atoms with Gasteiger partial charge in [-0.1, -0.05) is 32.0 Å². The van der Waals surface area contributed by atoms with E-state index in [0.29, 0.717) is 35.3 Å². The number of rotatable bonds is 7. The second-order valence-electron chi connectivity index (χ2n) is 7.93. The average molecular weight is 483 g/mol. The summed E-state index contributed by atoms with van der Waals surface area (Å²) in [7, 11) is 1.47. The summed E-state index contributed by atoms with van der Waals surface area (Å²) in [4.78, 5) is 16.8.